The van der Waals surface area contributed by atoms with E-state index in [4.69, 9.17) is 4.52 Å². The maximum atomic E-state index is 12.6. The van der Waals surface area contributed by atoms with E-state index in [0.717, 1.165) is 55.6 Å². The largest absolute Gasteiger partial charge is 0.365 e. The first-order valence-electron chi connectivity index (χ1n) is 8.69. The van der Waals surface area contributed by atoms with Gasteiger partial charge in [-0.15, -0.1) is 0 Å². The Morgan fingerprint density at radius 1 is 1.33 bits per heavy atom. The molecule has 0 spiro atoms. The Morgan fingerprint density at radius 2 is 2.21 bits per heavy atom. The number of hydrogen-bond acceptors (Lipinski definition) is 5. The van der Waals surface area contributed by atoms with Gasteiger partial charge in [0.25, 0.3) is 5.91 Å². The average molecular weight is 329 g/mol. The number of carbonyl (C=O) groups excluding carboxylic acids is 1. The molecule has 1 saturated heterocycles. The van der Waals surface area contributed by atoms with Gasteiger partial charge >= 0.3 is 0 Å². The molecule has 0 aromatic carbocycles. The zero-order valence-electron chi connectivity index (χ0n) is 14.0. The van der Waals surface area contributed by atoms with Crippen molar-refractivity contribution in [3.63, 3.8) is 0 Å². The molecule has 2 aromatic rings. The van der Waals surface area contributed by atoms with Crippen molar-refractivity contribution < 1.29 is 9.32 Å². The SMILES string of the molecule is Cc1[nH]ccc1C(=O)N1CCCN(Cc2noc(C3CC3)n2)CC1. The van der Waals surface area contributed by atoms with Crippen LogP contribution in [0, 0.1) is 6.92 Å². The third kappa shape index (κ3) is 3.21. The molecule has 24 heavy (non-hydrogen) atoms. The Hall–Kier alpha value is -2.15. The molecule has 2 fully saturated rings. The van der Waals surface area contributed by atoms with Crippen molar-refractivity contribution in [1.29, 1.82) is 0 Å². The van der Waals surface area contributed by atoms with Gasteiger partial charge < -0.3 is 14.4 Å². The van der Waals surface area contributed by atoms with Gasteiger partial charge in [0.05, 0.1) is 12.1 Å². The van der Waals surface area contributed by atoms with Crippen molar-refractivity contribution >= 4 is 5.91 Å². The Labute approximate surface area is 141 Å². The molecule has 2 aromatic heterocycles. The van der Waals surface area contributed by atoms with Crippen molar-refractivity contribution in [3.05, 3.63) is 35.2 Å². The van der Waals surface area contributed by atoms with Gasteiger partial charge in [0.2, 0.25) is 5.89 Å². The lowest BCUT2D eigenvalue weighted by atomic mass is 10.2. The maximum Gasteiger partial charge on any atom is 0.255 e. The molecular formula is C17H23N5O2. The number of hydrogen-bond donors (Lipinski definition) is 1. The van der Waals surface area contributed by atoms with Crippen molar-refractivity contribution in [2.75, 3.05) is 26.2 Å². The molecular weight excluding hydrogens is 306 g/mol. The van der Waals surface area contributed by atoms with Gasteiger partial charge in [0.1, 0.15) is 0 Å². The lowest BCUT2D eigenvalue weighted by Crippen LogP contribution is -2.35. The molecule has 0 unspecified atom stereocenters. The Kier molecular flexibility index (Phi) is 4.10. The van der Waals surface area contributed by atoms with Gasteiger partial charge in [-0.2, -0.15) is 4.98 Å². The molecule has 1 amide bonds. The Morgan fingerprint density at radius 3 is 2.96 bits per heavy atom. The fraction of sp³-hybridized carbons (Fsp3) is 0.588. The Balaban J connectivity index is 1.35. The topological polar surface area (TPSA) is 78.3 Å². The van der Waals surface area contributed by atoms with E-state index in [2.05, 4.69) is 20.0 Å². The number of amides is 1. The van der Waals surface area contributed by atoms with Crippen LogP contribution in [0.25, 0.3) is 0 Å². The molecule has 0 bridgehead atoms. The summed E-state index contributed by atoms with van der Waals surface area (Å²) in [4.78, 5) is 24.5. The normalized spacial score (nSPS) is 19.5. The summed E-state index contributed by atoms with van der Waals surface area (Å²) in [6.07, 6.45) is 5.12. The summed E-state index contributed by atoms with van der Waals surface area (Å²) in [5, 5.41) is 4.10. The summed E-state index contributed by atoms with van der Waals surface area (Å²) < 4.78 is 5.33. The van der Waals surface area contributed by atoms with Crippen LogP contribution in [0.5, 0.6) is 0 Å². The highest BCUT2D eigenvalue weighted by molar-refractivity contribution is 5.95. The molecule has 1 N–H and O–H groups in total. The smallest absolute Gasteiger partial charge is 0.255 e. The summed E-state index contributed by atoms with van der Waals surface area (Å²) >= 11 is 0. The zero-order chi connectivity index (χ0) is 16.5. The van der Waals surface area contributed by atoms with E-state index in [1.807, 2.05) is 24.1 Å². The fourth-order valence-corrected chi connectivity index (χ4v) is 3.21. The van der Waals surface area contributed by atoms with E-state index < -0.39 is 0 Å². The van der Waals surface area contributed by atoms with Gasteiger partial charge in [-0.25, -0.2) is 0 Å². The summed E-state index contributed by atoms with van der Waals surface area (Å²) in [5.41, 5.74) is 1.70. The predicted octanol–water partition coefficient (Wildman–Crippen LogP) is 1.93. The van der Waals surface area contributed by atoms with Crippen LogP contribution in [-0.4, -0.2) is 57.0 Å². The average Bonchev–Trinajstić information content (AvgIpc) is 3.25. The van der Waals surface area contributed by atoms with Crippen molar-refractivity contribution in [1.82, 2.24) is 24.9 Å². The second kappa shape index (κ2) is 6.39. The van der Waals surface area contributed by atoms with Gasteiger partial charge in [-0.3, -0.25) is 9.69 Å². The molecule has 128 valence electrons. The van der Waals surface area contributed by atoms with E-state index in [1.54, 1.807) is 0 Å². The van der Waals surface area contributed by atoms with E-state index in [9.17, 15) is 4.79 Å². The van der Waals surface area contributed by atoms with E-state index in [1.165, 1.54) is 12.8 Å². The van der Waals surface area contributed by atoms with Gasteiger partial charge in [0, 0.05) is 44.0 Å². The number of aromatic nitrogens is 3. The fourth-order valence-electron chi connectivity index (χ4n) is 3.21. The van der Waals surface area contributed by atoms with Gasteiger partial charge in [-0.05, 0) is 32.3 Å². The lowest BCUT2D eigenvalue weighted by Gasteiger charge is -2.21. The van der Waals surface area contributed by atoms with Crippen LogP contribution in [0.15, 0.2) is 16.8 Å². The van der Waals surface area contributed by atoms with Crippen molar-refractivity contribution in [2.45, 2.75) is 38.6 Å². The summed E-state index contributed by atoms with van der Waals surface area (Å²) in [7, 11) is 0. The zero-order valence-corrected chi connectivity index (χ0v) is 14.0. The standard InChI is InChI=1S/C17H23N5O2/c1-12-14(5-6-18-12)17(23)22-8-2-7-21(9-10-22)11-15-19-16(24-20-15)13-3-4-13/h5-6,13,18H,2-4,7-11H2,1H3. The molecule has 4 rings (SSSR count). The second-order valence-electron chi connectivity index (χ2n) is 6.76. The minimum absolute atomic E-state index is 0.117. The quantitative estimate of drug-likeness (QED) is 0.927. The monoisotopic (exact) mass is 329 g/mol. The minimum atomic E-state index is 0.117. The number of nitrogens with zero attached hydrogens (tertiary/aromatic N) is 4. The van der Waals surface area contributed by atoms with Gasteiger partial charge in [-0.1, -0.05) is 5.16 Å². The van der Waals surface area contributed by atoms with E-state index in [-0.39, 0.29) is 5.91 Å². The lowest BCUT2D eigenvalue weighted by molar-refractivity contribution is 0.0760. The first-order valence-corrected chi connectivity index (χ1v) is 8.69. The third-order valence-corrected chi connectivity index (χ3v) is 4.84. The summed E-state index contributed by atoms with van der Waals surface area (Å²) in [6.45, 7) is 5.94. The number of rotatable bonds is 4. The molecule has 7 nitrogen and oxygen atoms in total. The molecule has 1 aliphatic carbocycles. The van der Waals surface area contributed by atoms with Crippen LogP contribution >= 0.6 is 0 Å². The number of aryl methyl sites for hydroxylation is 1. The highest BCUT2D eigenvalue weighted by atomic mass is 16.5. The van der Waals surface area contributed by atoms with Gasteiger partial charge in [0.15, 0.2) is 5.82 Å². The molecule has 2 aliphatic rings. The number of nitrogens with one attached hydrogen (secondary N) is 1. The molecule has 0 radical (unpaired) electrons. The van der Waals surface area contributed by atoms with Crippen molar-refractivity contribution in [3.8, 4) is 0 Å². The van der Waals surface area contributed by atoms with Crippen LogP contribution in [0.3, 0.4) is 0 Å². The van der Waals surface area contributed by atoms with E-state index in [0.29, 0.717) is 12.5 Å². The van der Waals surface area contributed by atoms with Crippen LogP contribution in [0.4, 0.5) is 0 Å². The molecule has 1 aliphatic heterocycles. The van der Waals surface area contributed by atoms with Crippen LogP contribution in [0.2, 0.25) is 0 Å². The molecule has 1 saturated carbocycles. The molecule has 7 heteroatoms. The first-order chi connectivity index (χ1) is 11.7. The van der Waals surface area contributed by atoms with Crippen LogP contribution in [-0.2, 0) is 6.54 Å². The van der Waals surface area contributed by atoms with Crippen LogP contribution < -0.4 is 0 Å². The third-order valence-electron chi connectivity index (χ3n) is 4.84. The second-order valence-corrected chi connectivity index (χ2v) is 6.76. The first kappa shape index (κ1) is 15.4. The highest BCUT2D eigenvalue weighted by Gasteiger charge is 2.30. The number of carbonyl (C=O) groups is 1. The Bertz CT molecular complexity index is 718. The predicted molar refractivity (Wildman–Crippen MR) is 87.6 cm³/mol. The van der Waals surface area contributed by atoms with Crippen molar-refractivity contribution in [2.24, 2.45) is 0 Å². The maximum absolute atomic E-state index is 12.6. The number of aromatic amines is 1. The highest BCUT2D eigenvalue weighted by Crippen LogP contribution is 2.38. The molecule has 3 heterocycles. The minimum Gasteiger partial charge on any atom is -0.365 e. The summed E-state index contributed by atoms with van der Waals surface area (Å²) in [5.74, 6) is 2.16. The number of H-pyrrole nitrogens is 1. The van der Waals surface area contributed by atoms with Crippen LogP contribution in [0.1, 0.15) is 52.9 Å². The summed E-state index contributed by atoms with van der Waals surface area (Å²) in [6, 6.07) is 1.86. The van der Waals surface area contributed by atoms with E-state index >= 15 is 0 Å². The molecule has 0 atom stereocenters.